The van der Waals surface area contributed by atoms with Gasteiger partial charge in [-0.15, -0.1) is 11.8 Å². The molecule has 0 aromatic heterocycles. The van der Waals surface area contributed by atoms with E-state index in [1.165, 1.54) is 19.3 Å². The highest BCUT2D eigenvalue weighted by Crippen LogP contribution is 2.26. The van der Waals surface area contributed by atoms with Gasteiger partial charge in [0, 0.05) is 17.0 Å². The highest BCUT2D eigenvalue weighted by molar-refractivity contribution is 7.99. The maximum Gasteiger partial charge on any atom is 0.128 e. The lowest BCUT2D eigenvalue weighted by Gasteiger charge is -2.12. The first-order chi connectivity index (χ1) is 9.15. The van der Waals surface area contributed by atoms with Crippen LogP contribution in [0.25, 0.3) is 0 Å². The molecule has 0 radical (unpaired) electrons. The van der Waals surface area contributed by atoms with Crippen molar-refractivity contribution in [3.63, 3.8) is 0 Å². The van der Waals surface area contributed by atoms with Gasteiger partial charge in [-0.05, 0) is 36.8 Å². The van der Waals surface area contributed by atoms with Crippen LogP contribution in [-0.4, -0.2) is 12.3 Å². The number of hydrogen-bond acceptors (Lipinski definition) is 2. The maximum absolute atomic E-state index is 13.9. The third kappa shape index (κ3) is 6.44. The highest BCUT2D eigenvalue weighted by Gasteiger charge is 2.08. The van der Waals surface area contributed by atoms with E-state index in [0.29, 0.717) is 12.5 Å². The summed E-state index contributed by atoms with van der Waals surface area (Å²) in [4.78, 5) is 1.09. The lowest BCUT2D eigenvalue weighted by atomic mass is 10.2. The zero-order valence-corrected chi connectivity index (χ0v) is 13.2. The van der Waals surface area contributed by atoms with Gasteiger partial charge in [0.15, 0.2) is 0 Å². The molecular weight excluding hydrogens is 257 g/mol. The maximum atomic E-state index is 13.9. The van der Waals surface area contributed by atoms with E-state index in [9.17, 15) is 4.39 Å². The van der Waals surface area contributed by atoms with Crippen molar-refractivity contribution in [2.75, 3.05) is 12.3 Å². The largest absolute Gasteiger partial charge is 0.312 e. The van der Waals surface area contributed by atoms with E-state index < -0.39 is 0 Å². The molecule has 0 aliphatic rings. The zero-order chi connectivity index (χ0) is 14.1. The minimum absolute atomic E-state index is 0.0863. The molecule has 108 valence electrons. The summed E-state index contributed by atoms with van der Waals surface area (Å²) in [5.74, 6) is 1.58. The molecule has 0 aliphatic heterocycles. The van der Waals surface area contributed by atoms with Crippen LogP contribution in [0.4, 0.5) is 4.39 Å². The van der Waals surface area contributed by atoms with Crippen LogP contribution in [0.3, 0.4) is 0 Å². The number of thioether (sulfide) groups is 1. The van der Waals surface area contributed by atoms with Crippen LogP contribution in [0.5, 0.6) is 0 Å². The van der Waals surface area contributed by atoms with Gasteiger partial charge in [0.1, 0.15) is 5.82 Å². The number of nitrogens with one attached hydrogen (secondary N) is 1. The second kappa shape index (κ2) is 9.38. The number of benzene rings is 1. The summed E-state index contributed by atoms with van der Waals surface area (Å²) in [5.41, 5.74) is 0.824. The molecule has 0 saturated heterocycles. The Hall–Kier alpha value is -0.540. The number of unbranched alkanes of at least 4 members (excludes halogenated alkanes) is 2. The molecule has 0 unspecified atom stereocenters. The van der Waals surface area contributed by atoms with Gasteiger partial charge in [-0.25, -0.2) is 4.39 Å². The molecule has 0 fully saturated rings. The molecule has 1 nitrogen and oxygen atoms in total. The van der Waals surface area contributed by atoms with Crippen LogP contribution in [0.15, 0.2) is 23.1 Å². The van der Waals surface area contributed by atoms with E-state index in [0.717, 1.165) is 22.8 Å². The molecule has 0 saturated carbocycles. The Morgan fingerprint density at radius 2 is 2.05 bits per heavy atom. The van der Waals surface area contributed by atoms with E-state index >= 15 is 0 Å². The molecular formula is C16H26FNS. The van der Waals surface area contributed by atoms with Crippen molar-refractivity contribution in [2.45, 2.75) is 51.5 Å². The summed E-state index contributed by atoms with van der Waals surface area (Å²) >= 11 is 1.78. The topological polar surface area (TPSA) is 12.0 Å². The molecule has 0 bridgehead atoms. The molecule has 0 amide bonds. The quantitative estimate of drug-likeness (QED) is 0.513. The predicted octanol–water partition coefficient (Wildman–Crippen LogP) is 4.85. The fraction of sp³-hybridized carbons (Fsp3) is 0.625. The Kier molecular flexibility index (Phi) is 8.15. The van der Waals surface area contributed by atoms with Gasteiger partial charge in [-0.3, -0.25) is 0 Å². The minimum Gasteiger partial charge on any atom is -0.312 e. The van der Waals surface area contributed by atoms with Crippen LogP contribution in [0.2, 0.25) is 0 Å². The van der Waals surface area contributed by atoms with Crippen LogP contribution < -0.4 is 5.32 Å². The molecule has 0 aliphatic carbocycles. The van der Waals surface area contributed by atoms with Crippen molar-refractivity contribution in [2.24, 2.45) is 5.92 Å². The predicted molar refractivity (Wildman–Crippen MR) is 83.2 cm³/mol. The second-order valence-corrected chi connectivity index (χ2v) is 6.43. The Balaban J connectivity index is 2.56. The van der Waals surface area contributed by atoms with Crippen molar-refractivity contribution < 1.29 is 4.39 Å². The minimum atomic E-state index is -0.0863. The summed E-state index contributed by atoms with van der Waals surface area (Å²) in [6.45, 7) is 8.08. The van der Waals surface area contributed by atoms with Crippen molar-refractivity contribution in [3.8, 4) is 0 Å². The van der Waals surface area contributed by atoms with Gasteiger partial charge < -0.3 is 5.32 Å². The summed E-state index contributed by atoms with van der Waals surface area (Å²) in [6.07, 6.45) is 3.69. The molecule has 19 heavy (non-hydrogen) atoms. The fourth-order valence-corrected chi connectivity index (χ4v) is 2.95. The van der Waals surface area contributed by atoms with Gasteiger partial charge in [0.05, 0.1) is 0 Å². The fourth-order valence-electron chi connectivity index (χ4n) is 1.87. The first-order valence-electron chi connectivity index (χ1n) is 7.26. The standard InChI is InChI=1S/C16H26FNS/c1-4-5-6-10-19-16-9-7-8-15(17)14(16)12-18-11-13(2)3/h7-9,13,18H,4-6,10-12H2,1-3H3. The normalized spacial score (nSPS) is 11.2. The van der Waals surface area contributed by atoms with E-state index in [2.05, 4.69) is 26.1 Å². The van der Waals surface area contributed by atoms with Crippen molar-refractivity contribution in [1.29, 1.82) is 0 Å². The average Bonchev–Trinajstić information content (AvgIpc) is 2.37. The van der Waals surface area contributed by atoms with Crippen molar-refractivity contribution in [3.05, 3.63) is 29.6 Å². The molecule has 3 heteroatoms. The zero-order valence-electron chi connectivity index (χ0n) is 12.3. The first-order valence-corrected chi connectivity index (χ1v) is 8.24. The molecule has 1 N–H and O–H groups in total. The van der Waals surface area contributed by atoms with Gasteiger partial charge >= 0.3 is 0 Å². The highest BCUT2D eigenvalue weighted by atomic mass is 32.2. The Bertz CT molecular complexity index is 366. The smallest absolute Gasteiger partial charge is 0.128 e. The van der Waals surface area contributed by atoms with Gasteiger partial charge in [0.25, 0.3) is 0 Å². The van der Waals surface area contributed by atoms with Crippen molar-refractivity contribution in [1.82, 2.24) is 5.32 Å². The van der Waals surface area contributed by atoms with Gasteiger partial charge in [0.2, 0.25) is 0 Å². The summed E-state index contributed by atoms with van der Waals surface area (Å²) < 4.78 is 13.9. The summed E-state index contributed by atoms with van der Waals surface area (Å²) in [6, 6.07) is 5.40. The second-order valence-electron chi connectivity index (χ2n) is 5.30. The summed E-state index contributed by atoms with van der Waals surface area (Å²) in [5, 5.41) is 3.33. The number of hydrogen-bond donors (Lipinski definition) is 1. The monoisotopic (exact) mass is 283 g/mol. The number of halogens is 1. The molecule has 1 rings (SSSR count). The molecule has 0 spiro atoms. The Morgan fingerprint density at radius 3 is 2.74 bits per heavy atom. The SMILES string of the molecule is CCCCCSc1cccc(F)c1CNCC(C)C. The Labute approximate surface area is 121 Å². The van der Waals surface area contributed by atoms with Crippen molar-refractivity contribution >= 4 is 11.8 Å². The molecule has 0 atom stereocenters. The van der Waals surface area contributed by atoms with E-state index in [1.54, 1.807) is 17.8 Å². The molecule has 1 aromatic rings. The molecule has 1 aromatic carbocycles. The lowest BCUT2D eigenvalue weighted by molar-refractivity contribution is 0.530. The Morgan fingerprint density at radius 1 is 1.26 bits per heavy atom. The average molecular weight is 283 g/mol. The third-order valence-electron chi connectivity index (χ3n) is 2.94. The molecule has 0 heterocycles. The third-order valence-corrected chi connectivity index (χ3v) is 4.12. The lowest BCUT2D eigenvalue weighted by Crippen LogP contribution is -2.20. The van der Waals surface area contributed by atoms with E-state index in [-0.39, 0.29) is 5.82 Å². The summed E-state index contributed by atoms with van der Waals surface area (Å²) in [7, 11) is 0. The van der Waals surface area contributed by atoms with Gasteiger partial charge in [-0.2, -0.15) is 0 Å². The van der Waals surface area contributed by atoms with Crippen LogP contribution in [-0.2, 0) is 6.54 Å². The van der Waals surface area contributed by atoms with Crippen LogP contribution in [0, 0.1) is 11.7 Å². The van der Waals surface area contributed by atoms with Gasteiger partial charge in [-0.1, -0.05) is 39.7 Å². The van der Waals surface area contributed by atoms with Crippen LogP contribution >= 0.6 is 11.8 Å². The van der Waals surface area contributed by atoms with E-state index in [4.69, 9.17) is 0 Å². The van der Waals surface area contributed by atoms with Crippen LogP contribution in [0.1, 0.15) is 45.6 Å². The first kappa shape index (κ1) is 16.5. The van der Waals surface area contributed by atoms with E-state index in [1.807, 2.05) is 12.1 Å². The number of rotatable bonds is 9.